The van der Waals surface area contributed by atoms with Crippen molar-refractivity contribution in [3.63, 3.8) is 0 Å². The van der Waals surface area contributed by atoms with Gasteiger partial charge >= 0.3 is 0 Å². The monoisotopic (exact) mass is 270 g/mol. The highest BCUT2D eigenvalue weighted by atomic mass is 32.2. The summed E-state index contributed by atoms with van der Waals surface area (Å²) in [5.41, 5.74) is 3.84. The van der Waals surface area contributed by atoms with Gasteiger partial charge in [-0.3, -0.25) is 4.98 Å². The number of aromatic nitrogens is 1. The first-order valence-corrected chi connectivity index (χ1v) is 7.94. The van der Waals surface area contributed by atoms with Gasteiger partial charge in [0.05, 0.1) is 11.7 Å². The molecule has 2 nitrogen and oxygen atoms in total. The normalized spacial score (nSPS) is 17.8. The van der Waals surface area contributed by atoms with Gasteiger partial charge < -0.3 is 5.32 Å². The van der Waals surface area contributed by atoms with Gasteiger partial charge in [0, 0.05) is 16.8 Å². The van der Waals surface area contributed by atoms with Crippen LogP contribution in [0.15, 0.2) is 47.5 Å². The molecule has 1 N–H and O–H groups in total. The highest BCUT2D eigenvalue weighted by Crippen LogP contribution is 2.33. The maximum absolute atomic E-state index is 4.58. The van der Waals surface area contributed by atoms with Gasteiger partial charge in [-0.2, -0.15) is 0 Å². The standard InChI is InChI=1S/C16H18N2S/c1-19-15-10-3-2-8-13(15)18-14-9-4-6-12-7-5-11-17-16(12)14/h2-3,5,7-8,10-11,14,18H,4,6,9H2,1H3. The number of para-hydroxylation sites is 1. The van der Waals surface area contributed by atoms with Crippen LogP contribution in [0.4, 0.5) is 5.69 Å². The van der Waals surface area contributed by atoms with Crippen LogP contribution in [0.3, 0.4) is 0 Å². The Bertz CT molecular complexity index is 568. The number of aryl methyl sites for hydroxylation is 1. The van der Waals surface area contributed by atoms with E-state index in [1.165, 1.54) is 28.3 Å². The molecule has 1 atom stereocenters. The minimum absolute atomic E-state index is 0.346. The van der Waals surface area contributed by atoms with Crippen LogP contribution in [0.1, 0.15) is 30.1 Å². The summed E-state index contributed by atoms with van der Waals surface area (Å²) in [6.45, 7) is 0. The zero-order valence-corrected chi connectivity index (χ0v) is 11.9. The van der Waals surface area contributed by atoms with Crippen molar-refractivity contribution in [3.05, 3.63) is 53.9 Å². The molecular formula is C16H18N2S. The molecule has 1 aromatic carbocycles. The summed E-state index contributed by atoms with van der Waals surface area (Å²) >= 11 is 1.78. The molecule has 2 aromatic rings. The second kappa shape index (κ2) is 5.66. The Kier molecular flexibility index (Phi) is 3.74. The maximum atomic E-state index is 4.58. The molecule has 1 aromatic heterocycles. The smallest absolute Gasteiger partial charge is 0.0688 e. The molecule has 0 saturated carbocycles. The Balaban J connectivity index is 1.88. The van der Waals surface area contributed by atoms with Crippen LogP contribution >= 0.6 is 11.8 Å². The summed E-state index contributed by atoms with van der Waals surface area (Å²) in [5, 5.41) is 3.67. The molecule has 0 saturated heterocycles. The van der Waals surface area contributed by atoms with Crippen molar-refractivity contribution in [1.29, 1.82) is 0 Å². The third-order valence-electron chi connectivity index (χ3n) is 3.63. The van der Waals surface area contributed by atoms with Gasteiger partial charge in [0.25, 0.3) is 0 Å². The highest BCUT2D eigenvalue weighted by molar-refractivity contribution is 7.98. The van der Waals surface area contributed by atoms with Gasteiger partial charge in [-0.25, -0.2) is 0 Å². The molecule has 0 amide bonds. The third-order valence-corrected chi connectivity index (χ3v) is 4.43. The van der Waals surface area contributed by atoms with E-state index in [4.69, 9.17) is 0 Å². The number of anilines is 1. The van der Waals surface area contributed by atoms with Gasteiger partial charge in [-0.15, -0.1) is 11.8 Å². The van der Waals surface area contributed by atoms with Crippen molar-refractivity contribution in [2.45, 2.75) is 30.2 Å². The Morgan fingerprint density at radius 1 is 1.21 bits per heavy atom. The fraction of sp³-hybridized carbons (Fsp3) is 0.312. The van der Waals surface area contributed by atoms with Crippen LogP contribution in [0.25, 0.3) is 0 Å². The third kappa shape index (κ3) is 2.61. The summed E-state index contributed by atoms with van der Waals surface area (Å²) in [4.78, 5) is 5.88. The predicted octanol–water partition coefficient (Wildman–Crippen LogP) is 4.29. The zero-order chi connectivity index (χ0) is 13.1. The van der Waals surface area contributed by atoms with Gasteiger partial charge in [-0.1, -0.05) is 18.2 Å². The number of hydrogen-bond acceptors (Lipinski definition) is 3. The van der Waals surface area contributed by atoms with Gasteiger partial charge in [-0.05, 0) is 49.3 Å². The summed E-state index contributed by atoms with van der Waals surface area (Å²) in [6.07, 6.45) is 7.57. The maximum Gasteiger partial charge on any atom is 0.0688 e. The first-order chi connectivity index (χ1) is 9.38. The molecule has 0 fully saturated rings. The number of pyridine rings is 1. The molecule has 1 aliphatic carbocycles. The summed E-state index contributed by atoms with van der Waals surface area (Å²) in [7, 11) is 0. The summed E-state index contributed by atoms with van der Waals surface area (Å²) in [6, 6.07) is 13.1. The molecule has 1 unspecified atom stereocenters. The Morgan fingerprint density at radius 3 is 3.00 bits per heavy atom. The van der Waals surface area contributed by atoms with E-state index < -0.39 is 0 Å². The van der Waals surface area contributed by atoms with Crippen molar-refractivity contribution in [2.75, 3.05) is 11.6 Å². The van der Waals surface area contributed by atoms with E-state index in [1.807, 2.05) is 12.3 Å². The lowest BCUT2D eigenvalue weighted by Crippen LogP contribution is -2.19. The fourth-order valence-electron chi connectivity index (χ4n) is 2.70. The van der Waals surface area contributed by atoms with Crippen LogP contribution in [0, 0.1) is 0 Å². The Morgan fingerprint density at radius 2 is 2.11 bits per heavy atom. The predicted molar refractivity (Wildman–Crippen MR) is 81.8 cm³/mol. The largest absolute Gasteiger partial charge is 0.376 e. The summed E-state index contributed by atoms with van der Waals surface area (Å²) < 4.78 is 0. The quantitative estimate of drug-likeness (QED) is 0.842. The lowest BCUT2D eigenvalue weighted by Gasteiger charge is -2.26. The number of rotatable bonds is 3. The molecule has 1 aliphatic rings. The fourth-order valence-corrected chi connectivity index (χ4v) is 3.26. The van der Waals surface area contributed by atoms with Gasteiger partial charge in [0.1, 0.15) is 0 Å². The van der Waals surface area contributed by atoms with E-state index >= 15 is 0 Å². The Labute approximate surface area is 118 Å². The molecule has 0 bridgehead atoms. The highest BCUT2D eigenvalue weighted by Gasteiger charge is 2.21. The average molecular weight is 270 g/mol. The minimum atomic E-state index is 0.346. The van der Waals surface area contributed by atoms with Crippen LogP contribution in [-0.2, 0) is 6.42 Å². The second-order valence-electron chi connectivity index (χ2n) is 4.84. The van der Waals surface area contributed by atoms with E-state index in [-0.39, 0.29) is 0 Å². The van der Waals surface area contributed by atoms with Crippen molar-refractivity contribution >= 4 is 17.4 Å². The minimum Gasteiger partial charge on any atom is -0.376 e. The van der Waals surface area contributed by atoms with Crippen LogP contribution in [-0.4, -0.2) is 11.2 Å². The van der Waals surface area contributed by atoms with Crippen molar-refractivity contribution < 1.29 is 0 Å². The van der Waals surface area contributed by atoms with Gasteiger partial charge in [0.2, 0.25) is 0 Å². The first-order valence-electron chi connectivity index (χ1n) is 6.72. The number of nitrogens with zero attached hydrogens (tertiary/aromatic N) is 1. The zero-order valence-electron chi connectivity index (χ0n) is 11.1. The SMILES string of the molecule is CSc1ccccc1NC1CCCc2cccnc21. The lowest BCUT2D eigenvalue weighted by atomic mass is 9.92. The van der Waals surface area contributed by atoms with Crippen molar-refractivity contribution in [1.82, 2.24) is 4.98 Å². The number of hydrogen-bond donors (Lipinski definition) is 1. The van der Waals surface area contributed by atoms with E-state index in [9.17, 15) is 0 Å². The Hall–Kier alpha value is -1.48. The average Bonchev–Trinajstić information content (AvgIpc) is 2.48. The number of benzene rings is 1. The molecule has 1 heterocycles. The topological polar surface area (TPSA) is 24.9 Å². The van der Waals surface area contributed by atoms with Gasteiger partial charge in [0.15, 0.2) is 0 Å². The molecule has 98 valence electrons. The molecule has 0 radical (unpaired) electrons. The molecular weight excluding hydrogens is 252 g/mol. The number of nitrogens with one attached hydrogen (secondary N) is 1. The van der Waals surface area contributed by atoms with E-state index in [2.05, 4.69) is 46.9 Å². The van der Waals surface area contributed by atoms with E-state index in [0.29, 0.717) is 6.04 Å². The molecule has 3 rings (SSSR count). The van der Waals surface area contributed by atoms with Crippen LogP contribution in [0.2, 0.25) is 0 Å². The number of thioether (sulfide) groups is 1. The second-order valence-corrected chi connectivity index (χ2v) is 5.69. The molecule has 0 spiro atoms. The first kappa shape index (κ1) is 12.5. The van der Waals surface area contributed by atoms with Crippen molar-refractivity contribution in [3.8, 4) is 0 Å². The molecule has 3 heteroatoms. The van der Waals surface area contributed by atoms with E-state index in [1.54, 1.807) is 11.8 Å². The lowest BCUT2D eigenvalue weighted by molar-refractivity contribution is 0.582. The number of fused-ring (bicyclic) bond motifs is 1. The van der Waals surface area contributed by atoms with Crippen LogP contribution < -0.4 is 5.32 Å². The molecule has 0 aliphatic heterocycles. The summed E-state index contributed by atoms with van der Waals surface area (Å²) in [5.74, 6) is 0. The van der Waals surface area contributed by atoms with Crippen molar-refractivity contribution in [2.24, 2.45) is 0 Å². The van der Waals surface area contributed by atoms with E-state index in [0.717, 1.165) is 12.8 Å². The van der Waals surface area contributed by atoms with Crippen LogP contribution in [0.5, 0.6) is 0 Å². The molecule has 19 heavy (non-hydrogen) atoms.